The van der Waals surface area contributed by atoms with E-state index >= 15 is 0 Å². The average Bonchev–Trinajstić information content (AvgIpc) is 2.43. The van der Waals surface area contributed by atoms with Gasteiger partial charge in [-0.1, -0.05) is 24.3 Å². The molecule has 0 aliphatic heterocycles. The molecule has 0 bridgehead atoms. The summed E-state index contributed by atoms with van der Waals surface area (Å²) >= 11 is 0. The highest BCUT2D eigenvalue weighted by atomic mass is 19.1. The van der Waals surface area contributed by atoms with Crippen LogP contribution in [-0.2, 0) is 6.42 Å². The van der Waals surface area contributed by atoms with Crippen LogP contribution in [0.5, 0.6) is 0 Å². The summed E-state index contributed by atoms with van der Waals surface area (Å²) in [5, 5.41) is 0. The molecule has 0 aliphatic rings. The molecule has 21 heavy (non-hydrogen) atoms. The van der Waals surface area contributed by atoms with Gasteiger partial charge in [-0.15, -0.1) is 0 Å². The Hall–Kier alpha value is -1.94. The van der Waals surface area contributed by atoms with Crippen molar-refractivity contribution in [1.29, 1.82) is 0 Å². The molecule has 1 atom stereocenters. The van der Waals surface area contributed by atoms with E-state index < -0.39 is 0 Å². The van der Waals surface area contributed by atoms with Gasteiger partial charge in [-0.3, -0.25) is 0 Å². The molecule has 4 heteroatoms. The van der Waals surface area contributed by atoms with E-state index in [0.717, 1.165) is 5.56 Å². The second-order valence-electron chi connectivity index (χ2n) is 5.12. The molecular weight excluding hydrogens is 270 g/mol. The maximum Gasteiger partial charge on any atom is 0.147 e. The van der Waals surface area contributed by atoms with E-state index in [4.69, 9.17) is 5.73 Å². The third kappa shape index (κ3) is 3.39. The second kappa shape index (κ2) is 6.68. The number of hydrogen-bond acceptors (Lipinski definition) is 2. The van der Waals surface area contributed by atoms with Gasteiger partial charge in [-0.25, -0.2) is 8.78 Å². The Bertz CT molecular complexity index is 611. The van der Waals surface area contributed by atoms with Crippen molar-refractivity contribution in [3.63, 3.8) is 0 Å². The van der Waals surface area contributed by atoms with Gasteiger partial charge in [0.25, 0.3) is 0 Å². The maximum absolute atomic E-state index is 14.4. The van der Waals surface area contributed by atoms with Gasteiger partial charge in [0.15, 0.2) is 0 Å². The quantitative estimate of drug-likeness (QED) is 0.901. The van der Waals surface area contributed by atoms with Gasteiger partial charge in [-0.2, -0.15) is 0 Å². The fourth-order valence-corrected chi connectivity index (χ4v) is 2.49. The van der Waals surface area contributed by atoms with Crippen molar-refractivity contribution in [3.05, 3.63) is 59.7 Å². The molecule has 2 N–H and O–H groups in total. The van der Waals surface area contributed by atoms with Crippen molar-refractivity contribution in [2.75, 3.05) is 11.4 Å². The Balaban J connectivity index is 2.54. The summed E-state index contributed by atoms with van der Waals surface area (Å²) in [4.78, 5) is 1.66. The van der Waals surface area contributed by atoms with Gasteiger partial charge in [-0.05, 0) is 44.0 Å². The first-order valence-corrected chi connectivity index (χ1v) is 7.09. The van der Waals surface area contributed by atoms with E-state index in [1.165, 1.54) is 12.1 Å². The van der Waals surface area contributed by atoms with Crippen LogP contribution in [0.15, 0.2) is 42.5 Å². The SMILES string of the molecule is CCN(c1ccccc1F)c1c(F)cccc1CC(C)N. The number of benzene rings is 2. The van der Waals surface area contributed by atoms with E-state index in [-0.39, 0.29) is 17.7 Å². The summed E-state index contributed by atoms with van der Waals surface area (Å²) in [6.07, 6.45) is 0.540. The van der Waals surface area contributed by atoms with Crippen molar-refractivity contribution in [3.8, 4) is 0 Å². The Morgan fingerprint density at radius 1 is 1.05 bits per heavy atom. The molecule has 0 amide bonds. The van der Waals surface area contributed by atoms with Gasteiger partial charge in [0.05, 0.1) is 11.4 Å². The van der Waals surface area contributed by atoms with E-state index in [1.54, 1.807) is 29.2 Å². The zero-order chi connectivity index (χ0) is 15.4. The molecule has 0 aromatic heterocycles. The van der Waals surface area contributed by atoms with Gasteiger partial charge < -0.3 is 10.6 Å². The third-order valence-electron chi connectivity index (χ3n) is 3.34. The lowest BCUT2D eigenvalue weighted by atomic mass is 10.0. The highest BCUT2D eigenvalue weighted by molar-refractivity contribution is 5.67. The van der Waals surface area contributed by atoms with Gasteiger partial charge in [0.2, 0.25) is 0 Å². The zero-order valence-corrected chi connectivity index (χ0v) is 12.3. The monoisotopic (exact) mass is 290 g/mol. The molecule has 0 fully saturated rings. The van der Waals surface area contributed by atoms with E-state index in [0.29, 0.717) is 24.3 Å². The molecule has 1 unspecified atom stereocenters. The smallest absolute Gasteiger partial charge is 0.147 e. The summed E-state index contributed by atoms with van der Waals surface area (Å²) in [5.74, 6) is -0.729. The van der Waals surface area contributed by atoms with Crippen LogP contribution in [-0.4, -0.2) is 12.6 Å². The van der Waals surface area contributed by atoms with Crippen LogP contribution in [0.3, 0.4) is 0 Å². The first kappa shape index (κ1) is 15.4. The topological polar surface area (TPSA) is 29.3 Å². The minimum absolute atomic E-state index is 0.0927. The Kier molecular flexibility index (Phi) is 4.91. The second-order valence-corrected chi connectivity index (χ2v) is 5.12. The van der Waals surface area contributed by atoms with Crippen molar-refractivity contribution in [2.24, 2.45) is 5.73 Å². The highest BCUT2D eigenvalue weighted by Gasteiger charge is 2.19. The molecule has 0 saturated carbocycles. The van der Waals surface area contributed by atoms with Gasteiger partial charge in [0.1, 0.15) is 11.6 Å². The van der Waals surface area contributed by atoms with E-state index in [9.17, 15) is 8.78 Å². The van der Waals surface area contributed by atoms with Crippen molar-refractivity contribution in [1.82, 2.24) is 0 Å². The summed E-state index contributed by atoms with van der Waals surface area (Å²) in [6.45, 7) is 4.20. The normalized spacial score (nSPS) is 12.2. The number of anilines is 2. The molecule has 2 aromatic carbocycles. The summed E-state index contributed by atoms with van der Waals surface area (Å²) in [7, 11) is 0. The molecule has 0 spiro atoms. The summed E-state index contributed by atoms with van der Waals surface area (Å²) in [5.41, 5.74) is 7.40. The predicted octanol–water partition coefficient (Wildman–Crippen LogP) is 4.01. The lowest BCUT2D eigenvalue weighted by Crippen LogP contribution is -2.24. The number of nitrogens with zero attached hydrogens (tertiary/aromatic N) is 1. The summed E-state index contributed by atoms with van der Waals surface area (Å²) < 4.78 is 28.4. The van der Waals surface area contributed by atoms with Crippen molar-refractivity contribution >= 4 is 11.4 Å². The van der Waals surface area contributed by atoms with E-state index in [1.807, 2.05) is 19.9 Å². The predicted molar refractivity (Wildman–Crippen MR) is 82.8 cm³/mol. The van der Waals surface area contributed by atoms with Crippen LogP contribution < -0.4 is 10.6 Å². The van der Waals surface area contributed by atoms with Crippen LogP contribution in [0.25, 0.3) is 0 Å². The van der Waals surface area contributed by atoms with Crippen molar-refractivity contribution in [2.45, 2.75) is 26.3 Å². The van der Waals surface area contributed by atoms with Gasteiger partial charge >= 0.3 is 0 Å². The number of nitrogens with two attached hydrogens (primary N) is 1. The minimum atomic E-state index is -0.366. The van der Waals surface area contributed by atoms with E-state index in [2.05, 4.69) is 0 Å². The number of hydrogen-bond donors (Lipinski definition) is 1. The van der Waals surface area contributed by atoms with Crippen LogP contribution in [0, 0.1) is 11.6 Å². The lowest BCUT2D eigenvalue weighted by Gasteiger charge is -2.27. The minimum Gasteiger partial charge on any atom is -0.337 e. The largest absolute Gasteiger partial charge is 0.337 e. The number of rotatable bonds is 5. The Labute approximate surface area is 124 Å². The molecule has 0 aliphatic carbocycles. The average molecular weight is 290 g/mol. The van der Waals surface area contributed by atoms with Crippen LogP contribution in [0.4, 0.5) is 20.2 Å². The molecule has 2 rings (SSSR count). The van der Waals surface area contributed by atoms with Crippen LogP contribution in [0.1, 0.15) is 19.4 Å². The van der Waals surface area contributed by atoms with Crippen molar-refractivity contribution < 1.29 is 8.78 Å². The first-order valence-electron chi connectivity index (χ1n) is 7.09. The maximum atomic E-state index is 14.4. The Morgan fingerprint density at radius 3 is 2.33 bits per heavy atom. The van der Waals surface area contributed by atoms with Crippen LogP contribution in [0.2, 0.25) is 0 Å². The van der Waals surface area contributed by atoms with Crippen LogP contribution >= 0.6 is 0 Å². The zero-order valence-electron chi connectivity index (χ0n) is 12.3. The molecule has 2 aromatic rings. The molecular formula is C17H20F2N2. The lowest BCUT2D eigenvalue weighted by molar-refractivity contribution is 0.610. The molecule has 0 heterocycles. The first-order chi connectivity index (χ1) is 10.0. The molecule has 2 nitrogen and oxygen atoms in total. The summed E-state index contributed by atoms with van der Waals surface area (Å²) in [6, 6.07) is 11.2. The fourth-order valence-electron chi connectivity index (χ4n) is 2.49. The standard InChI is InChI=1S/C17H20F2N2/c1-3-21(16-10-5-4-8-14(16)18)17-13(11-12(2)20)7-6-9-15(17)19/h4-10,12H,3,11,20H2,1-2H3. The fraction of sp³-hybridized carbons (Fsp3) is 0.294. The molecule has 112 valence electrons. The molecule has 0 radical (unpaired) electrons. The number of para-hydroxylation sites is 2. The number of halogens is 2. The third-order valence-corrected chi connectivity index (χ3v) is 3.34. The Morgan fingerprint density at radius 2 is 1.71 bits per heavy atom. The van der Waals surface area contributed by atoms with Gasteiger partial charge in [0, 0.05) is 12.6 Å². The molecule has 0 saturated heterocycles. The highest BCUT2D eigenvalue weighted by Crippen LogP contribution is 2.33.